The largest absolute Gasteiger partial charge is 0.508 e. The normalized spacial score (nSPS) is 30.8. The number of primary sulfonamides is 1. The number of aromatic hydroxyl groups is 1. The van der Waals surface area contributed by atoms with Crippen molar-refractivity contribution in [1.29, 1.82) is 0 Å². The summed E-state index contributed by atoms with van der Waals surface area (Å²) in [4.78, 5) is 12.7. The minimum Gasteiger partial charge on any atom is -0.508 e. The van der Waals surface area contributed by atoms with Gasteiger partial charge in [0.15, 0.2) is 0 Å². The zero-order valence-electron chi connectivity index (χ0n) is 18.5. The van der Waals surface area contributed by atoms with Crippen LogP contribution >= 0.6 is 11.6 Å². The highest BCUT2D eigenvalue weighted by Crippen LogP contribution is 2.61. The Kier molecular flexibility index (Phi) is 5.50. The highest BCUT2D eigenvalue weighted by Gasteiger charge is 2.56. The highest BCUT2D eigenvalue weighted by atomic mass is 35.5. The molecule has 2 fully saturated rings. The van der Waals surface area contributed by atoms with Gasteiger partial charge in [0, 0.05) is 5.41 Å². The van der Waals surface area contributed by atoms with Gasteiger partial charge in [-0.25, -0.2) is 18.4 Å². The van der Waals surface area contributed by atoms with Crippen LogP contribution in [0.2, 0.25) is 5.02 Å². The number of hydrogen-bond acceptors (Lipinski definition) is 5. The monoisotopic (exact) mass is 489 g/mol. The van der Waals surface area contributed by atoms with E-state index < -0.39 is 16.0 Å². The third-order valence-electron chi connectivity index (χ3n) is 8.35. The van der Waals surface area contributed by atoms with E-state index in [9.17, 15) is 18.3 Å². The molecule has 0 spiro atoms. The predicted molar refractivity (Wildman–Crippen MR) is 125 cm³/mol. The number of fused-ring (bicyclic) bond motifs is 5. The number of esters is 1. The van der Waals surface area contributed by atoms with Crippen molar-refractivity contribution in [2.24, 2.45) is 22.4 Å². The molecule has 2 saturated carbocycles. The molecule has 0 bridgehead atoms. The van der Waals surface area contributed by atoms with Crippen LogP contribution in [0.3, 0.4) is 0 Å². The van der Waals surface area contributed by atoms with Gasteiger partial charge in [-0.05, 0) is 97.7 Å². The molecule has 0 amide bonds. The van der Waals surface area contributed by atoms with E-state index in [1.165, 1.54) is 29.3 Å². The lowest BCUT2D eigenvalue weighted by molar-refractivity contribution is -0.0428. The van der Waals surface area contributed by atoms with Crippen molar-refractivity contribution in [2.75, 3.05) is 0 Å². The fraction of sp³-hybridized carbons (Fsp3) is 0.480. The lowest BCUT2D eigenvalue weighted by atomic mass is 9.55. The number of sulfonamides is 1. The maximum absolute atomic E-state index is 13.0. The van der Waals surface area contributed by atoms with E-state index in [0.717, 1.165) is 38.5 Å². The van der Waals surface area contributed by atoms with Gasteiger partial charge in [0.1, 0.15) is 16.7 Å². The van der Waals surface area contributed by atoms with Crippen molar-refractivity contribution >= 4 is 27.6 Å². The topological polar surface area (TPSA) is 107 Å². The van der Waals surface area contributed by atoms with Crippen molar-refractivity contribution in [3.05, 3.63) is 58.1 Å². The molecule has 0 aliphatic heterocycles. The minimum absolute atomic E-state index is 0.0221. The second-order valence-corrected chi connectivity index (χ2v) is 11.9. The first-order valence-electron chi connectivity index (χ1n) is 11.4. The van der Waals surface area contributed by atoms with Gasteiger partial charge in [0.05, 0.1) is 10.6 Å². The minimum atomic E-state index is -4.04. The van der Waals surface area contributed by atoms with Crippen LogP contribution in [-0.4, -0.2) is 25.6 Å². The third kappa shape index (κ3) is 3.84. The number of phenols is 1. The summed E-state index contributed by atoms with van der Waals surface area (Å²) in [6.45, 7) is 2.24. The summed E-state index contributed by atoms with van der Waals surface area (Å²) in [5, 5.41) is 15.1. The molecule has 3 N–H and O–H groups in total. The molecular formula is C25H28ClNO5S. The van der Waals surface area contributed by atoms with E-state index in [-0.39, 0.29) is 27.0 Å². The molecule has 5 rings (SSSR count). The van der Waals surface area contributed by atoms with Crippen LogP contribution < -0.4 is 5.14 Å². The predicted octanol–water partition coefficient (Wildman–Crippen LogP) is 4.77. The van der Waals surface area contributed by atoms with E-state index in [2.05, 4.69) is 13.0 Å². The average Bonchev–Trinajstić information content (AvgIpc) is 3.09. The van der Waals surface area contributed by atoms with E-state index in [1.807, 2.05) is 6.07 Å². The molecule has 6 nitrogen and oxygen atoms in total. The number of carbonyl (C=O) groups is 1. The fourth-order valence-corrected chi connectivity index (χ4v) is 7.83. The second-order valence-electron chi connectivity index (χ2n) is 10.0. The standard InChI is InChI=1S/C25H28ClNO5S/c1-25-11-10-18-17-6-4-16(28)12-14(17)2-5-19(18)20(25)7-9-23(25)32-24(29)15-3-8-21(26)22(13-15)33(27,30)31/h3-4,6,8,12-13,18-20,23,28H,2,5,7,9-11H2,1H3,(H2,27,30,31)/t18-,19-,20+,23+,25+/m1/s1. The molecule has 2 aromatic rings. The van der Waals surface area contributed by atoms with Crippen LogP contribution in [0.15, 0.2) is 41.3 Å². The Morgan fingerprint density at radius 1 is 1.15 bits per heavy atom. The van der Waals surface area contributed by atoms with E-state index in [1.54, 1.807) is 6.07 Å². The van der Waals surface area contributed by atoms with Crippen molar-refractivity contribution < 1.29 is 23.1 Å². The van der Waals surface area contributed by atoms with Gasteiger partial charge in [-0.2, -0.15) is 0 Å². The number of hydrogen-bond donors (Lipinski definition) is 2. The van der Waals surface area contributed by atoms with Gasteiger partial charge >= 0.3 is 5.97 Å². The molecule has 176 valence electrons. The number of phenolic OH excluding ortho intramolecular Hbond substituents is 1. The summed E-state index contributed by atoms with van der Waals surface area (Å²) in [5.74, 6) is 1.26. The molecule has 0 unspecified atom stereocenters. The fourth-order valence-electron chi connectivity index (χ4n) is 6.76. The van der Waals surface area contributed by atoms with Crippen LogP contribution in [0.5, 0.6) is 5.75 Å². The van der Waals surface area contributed by atoms with Crippen LogP contribution in [0.25, 0.3) is 0 Å². The first-order valence-corrected chi connectivity index (χ1v) is 13.4. The van der Waals surface area contributed by atoms with Crippen molar-refractivity contribution in [1.82, 2.24) is 0 Å². The van der Waals surface area contributed by atoms with E-state index in [0.29, 0.717) is 23.5 Å². The van der Waals surface area contributed by atoms with Gasteiger partial charge < -0.3 is 9.84 Å². The Bertz CT molecular complexity index is 1230. The first-order chi connectivity index (χ1) is 15.6. The summed E-state index contributed by atoms with van der Waals surface area (Å²) in [7, 11) is -4.04. The molecule has 5 atom stereocenters. The Labute approximate surface area is 199 Å². The Balaban J connectivity index is 1.36. The van der Waals surface area contributed by atoms with Crippen LogP contribution in [0, 0.1) is 17.3 Å². The lowest BCUT2D eigenvalue weighted by Crippen LogP contribution is -2.45. The zero-order valence-corrected chi connectivity index (χ0v) is 20.0. The number of carbonyl (C=O) groups excluding carboxylic acids is 1. The summed E-state index contributed by atoms with van der Waals surface area (Å²) in [6, 6.07) is 9.80. The van der Waals surface area contributed by atoms with Crippen molar-refractivity contribution in [3.8, 4) is 5.75 Å². The SMILES string of the molecule is C[C@]12CC[C@@H]3c4ccc(O)cc4CC[C@H]3[C@@H]1CC[C@@H]2OC(=O)c1ccc(Cl)c(S(N)(=O)=O)c1. The first kappa shape index (κ1) is 22.7. The maximum Gasteiger partial charge on any atom is 0.338 e. The van der Waals surface area contributed by atoms with Crippen LogP contribution in [0.4, 0.5) is 0 Å². The number of halogens is 1. The number of benzene rings is 2. The molecule has 2 aromatic carbocycles. The second kappa shape index (κ2) is 8.00. The molecule has 0 aromatic heterocycles. The third-order valence-corrected chi connectivity index (χ3v) is 9.74. The van der Waals surface area contributed by atoms with Gasteiger partial charge in [-0.15, -0.1) is 0 Å². The Morgan fingerprint density at radius 2 is 1.94 bits per heavy atom. The Morgan fingerprint density at radius 3 is 2.70 bits per heavy atom. The number of nitrogens with two attached hydrogens (primary N) is 1. The number of rotatable bonds is 3. The summed E-state index contributed by atoms with van der Waals surface area (Å²) >= 11 is 5.95. The molecule has 0 heterocycles. The van der Waals surface area contributed by atoms with E-state index in [4.69, 9.17) is 21.5 Å². The average molecular weight is 490 g/mol. The number of aryl methyl sites for hydroxylation is 1. The summed E-state index contributed by atoms with van der Waals surface area (Å²) < 4.78 is 29.6. The molecule has 3 aliphatic rings. The lowest BCUT2D eigenvalue weighted by Gasteiger charge is -2.50. The molecular weight excluding hydrogens is 462 g/mol. The van der Waals surface area contributed by atoms with Gasteiger partial charge in [0.2, 0.25) is 10.0 Å². The summed E-state index contributed by atoms with van der Waals surface area (Å²) in [5.41, 5.74) is 2.65. The van der Waals surface area contributed by atoms with E-state index >= 15 is 0 Å². The smallest absolute Gasteiger partial charge is 0.338 e. The Hall–Kier alpha value is -2.09. The molecule has 33 heavy (non-hydrogen) atoms. The van der Waals surface area contributed by atoms with Gasteiger partial charge in [-0.3, -0.25) is 0 Å². The van der Waals surface area contributed by atoms with Crippen LogP contribution in [0.1, 0.15) is 66.4 Å². The summed E-state index contributed by atoms with van der Waals surface area (Å²) in [6.07, 6.45) is 5.62. The van der Waals surface area contributed by atoms with Crippen LogP contribution in [-0.2, 0) is 21.2 Å². The molecule has 0 radical (unpaired) electrons. The van der Waals surface area contributed by atoms with Gasteiger partial charge in [-0.1, -0.05) is 24.6 Å². The van der Waals surface area contributed by atoms with Crippen molar-refractivity contribution in [3.63, 3.8) is 0 Å². The maximum atomic E-state index is 13.0. The zero-order chi connectivity index (χ0) is 23.5. The highest BCUT2D eigenvalue weighted by molar-refractivity contribution is 7.89. The molecule has 0 saturated heterocycles. The molecule has 3 aliphatic carbocycles. The molecule has 8 heteroatoms. The quantitative estimate of drug-likeness (QED) is 0.603. The van der Waals surface area contributed by atoms with Crippen molar-refractivity contribution in [2.45, 2.75) is 62.4 Å². The number of ether oxygens (including phenoxy) is 1. The van der Waals surface area contributed by atoms with Gasteiger partial charge in [0.25, 0.3) is 0 Å².